The molecule has 5 heteroatoms. The molecule has 3 nitrogen and oxygen atoms in total. The van der Waals surface area contributed by atoms with Crippen molar-refractivity contribution in [1.29, 1.82) is 0 Å². The van der Waals surface area contributed by atoms with E-state index in [1.165, 1.54) is 6.07 Å². The van der Waals surface area contributed by atoms with Crippen molar-refractivity contribution in [2.75, 3.05) is 6.54 Å². The van der Waals surface area contributed by atoms with E-state index in [-0.39, 0.29) is 24.6 Å². The maximum absolute atomic E-state index is 13.7. The number of halogens is 2. The fraction of sp³-hybridized carbons (Fsp3) is 0.278. The summed E-state index contributed by atoms with van der Waals surface area (Å²) < 4.78 is 19.6. The first kappa shape index (κ1) is 16.0. The minimum absolute atomic E-state index is 0.124. The summed E-state index contributed by atoms with van der Waals surface area (Å²) in [5.41, 5.74) is 1.76. The van der Waals surface area contributed by atoms with Crippen molar-refractivity contribution in [1.82, 2.24) is 4.90 Å². The van der Waals surface area contributed by atoms with Crippen LogP contribution in [0.4, 0.5) is 9.18 Å². The van der Waals surface area contributed by atoms with E-state index in [4.69, 9.17) is 4.74 Å². The van der Waals surface area contributed by atoms with Gasteiger partial charge in [-0.15, -0.1) is 0 Å². The van der Waals surface area contributed by atoms with Crippen LogP contribution < -0.4 is 0 Å². The Morgan fingerprint density at radius 3 is 2.78 bits per heavy atom. The molecule has 0 N–H and O–H groups in total. The second-order valence-electron chi connectivity index (χ2n) is 5.57. The molecule has 1 aliphatic rings. The quantitative estimate of drug-likeness (QED) is 0.747. The zero-order valence-corrected chi connectivity index (χ0v) is 14.1. The van der Waals surface area contributed by atoms with E-state index >= 15 is 0 Å². The molecule has 0 saturated carbocycles. The zero-order valence-electron chi connectivity index (χ0n) is 12.5. The van der Waals surface area contributed by atoms with Gasteiger partial charge >= 0.3 is 6.09 Å². The van der Waals surface area contributed by atoms with E-state index in [0.717, 1.165) is 24.0 Å². The minimum Gasteiger partial charge on any atom is -0.445 e. The van der Waals surface area contributed by atoms with Gasteiger partial charge in [-0.05, 0) is 52.0 Å². The van der Waals surface area contributed by atoms with Gasteiger partial charge in [-0.1, -0.05) is 36.4 Å². The van der Waals surface area contributed by atoms with Crippen molar-refractivity contribution in [2.45, 2.75) is 25.5 Å². The maximum Gasteiger partial charge on any atom is 0.410 e. The van der Waals surface area contributed by atoms with Gasteiger partial charge in [-0.25, -0.2) is 9.18 Å². The van der Waals surface area contributed by atoms with E-state index in [1.807, 2.05) is 36.4 Å². The van der Waals surface area contributed by atoms with Crippen LogP contribution in [-0.4, -0.2) is 17.5 Å². The number of hydrogen-bond acceptors (Lipinski definition) is 2. The van der Waals surface area contributed by atoms with E-state index < -0.39 is 0 Å². The number of amides is 1. The Morgan fingerprint density at radius 2 is 2.04 bits per heavy atom. The Kier molecular flexibility index (Phi) is 4.96. The number of carbonyl (C=O) groups is 1. The molecule has 2 aromatic rings. The van der Waals surface area contributed by atoms with Crippen LogP contribution in [-0.2, 0) is 11.3 Å². The van der Waals surface area contributed by atoms with Gasteiger partial charge in [0.15, 0.2) is 0 Å². The van der Waals surface area contributed by atoms with Crippen LogP contribution >= 0.6 is 15.9 Å². The first-order valence-electron chi connectivity index (χ1n) is 7.57. The first-order valence-corrected chi connectivity index (χ1v) is 8.37. The fourth-order valence-corrected chi connectivity index (χ4v) is 3.10. The largest absolute Gasteiger partial charge is 0.445 e. The Bertz CT molecular complexity index is 693. The smallest absolute Gasteiger partial charge is 0.410 e. The van der Waals surface area contributed by atoms with Crippen LogP contribution in [0.15, 0.2) is 53.0 Å². The van der Waals surface area contributed by atoms with Crippen LogP contribution in [0.1, 0.15) is 30.0 Å². The molecule has 0 aliphatic carbocycles. The van der Waals surface area contributed by atoms with Crippen LogP contribution in [0.2, 0.25) is 0 Å². The number of nitrogens with zero attached hydrogens (tertiary/aromatic N) is 1. The fourth-order valence-electron chi connectivity index (χ4n) is 2.85. The standard InChI is InChI=1S/C18H17BrFNO2/c19-15-9-8-14(11-16(15)20)17-7-4-10-21(17)18(22)23-12-13-5-2-1-3-6-13/h1-3,5-6,8-9,11,17H,4,7,10,12H2. The Morgan fingerprint density at radius 1 is 1.26 bits per heavy atom. The van der Waals surface area contributed by atoms with E-state index in [1.54, 1.807) is 11.0 Å². The third-order valence-corrected chi connectivity index (χ3v) is 4.66. The highest BCUT2D eigenvalue weighted by molar-refractivity contribution is 9.10. The zero-order chi connectivity index (χ0) is 16.2. The van der Waals surface area contributed by atoms with Gasteiger partial charge in [0, 0.05) is 6.54 Å². The van der Waals surface area contributed by atoms with Gasteiger partial charge in [0.25, 0.3) is 0 Å². The lowest BCUT2D eigenvalue weighted by Crippen LogP contribution is -2.31. The van der Waals surface area contributed by atoms with Gasteiger partial charge < -0.3 is 9.64 Å². The van der Waals surface area contributed by atoms with Crippen LogP contribution in [0.25, 0.3) is 0 Å². The predicted octanol–water partition coefficient (Wildman–Crippen LogP) is 5.06. The third-order valence-electron chi connectivity index (χ3n) is 4.02. The summed E-state index contributed by atoms with van der Waals surface area (Å²) in [7, 11) is 0. The average molecular weight is 378 g/mol. The molecule has 0 aromatic heterocycles. The van der Waals surface area contributed by atoms with Gasteiger partial charge in [-0.3, -0.25) is 0 Å². The second-order valence-corrected chi connectivity index (χ2v) is 6.42. The number of ether oxygens (including phenoxy) is 1. The molecule has 1 saturated heterocycles. The van der Waals surface area contributed by atoms with E-state index in [9.17, 15) is 9.18 Å². The van der Waals surface area contributed by atoms with E-state index in [2.05, 4.69) is 15.9 Å². The molecule has 1 aliphatic heterocycles. The lowest BCUT2D eigenvalue weighted by atomic mass is 10.0. The summed E-state index contributed by atoms with van der Waals surface area (Å²) in [6, 6.07) is 14.5. The SMILES string of the molecule is O=C(OCc1ccccc1)N1CCCC1c1ccc(Br)c(F)c1. The van der Waals surface area contributed by atoms with Crippen molar-refractivity contribution in [2.24, 2.45) is 0 Å². The summed E-state index contributed by atoms with van der Waals surface area (Å²) in [5, 5.41) is 0. The molecular formula is C18H17BrFNO2. The lowest BCUT2D eigenvalue weighted by molar-refractivity contribution is 0.0920. The monoisotopic (exact) mass is 377 g/mol. The number of hydrogen-bond donors (Lipinski definition) is 0. The number of rotatable bonds is 3. The van der Waals surface area contributed by atoms with Crippen molar-refractivity contribution in [3.05, 3.63) is 69.9 Å². The van der Waals surface area contributed by atoms with Crippen LogP contribution in [0, 0.1) is 5.82 Å². The highest BCUT2D eigenvalue weighted by Crippen LogP contribution is 2.33. The molecule has 0 radical (unpaired) electrons. The molecule has 120 valence electrons. The Hall–Kier alpha value is -1.88. The van der Waals surface area contributed by atoms with Gasteiger partial charge in [0.2, 0.25) is 0 Å². The molecule has 0 spiro atoms. The highest BCUT2D eigenvalue weighted by Gasteiger charge is 2.31. The predicted molar refractivity (Wildman–Crippen MR) is 89.4 cm³/mol. The molecule has 1 heterocycles. The normalized spacial score (nSPS) is 17.3. The number of likely N-dealkylation sites (tertiary alicyclic amines) is 1. The minimum atomic E-state index is -0.348. The maximum atomic E-state index is 13.7. The molecular weight excluding hydrogens is 361 g/mol. The Labute approximate surface area is 143 Å². The van der Waals surface area contributed by atoms with E-state index in [0.29, 0.717) is 11.0 Å². The van der Waals surface area contributed by atoms with Gasteiger partial charge in [0.1, 0.15) is 12.4 Å². The number of benzene rings is 2. The summed E-state index contributed by atoms with van der Waals surface area (Å²) >= 11 is 3.15. The van der Waals surface area contributed by atoms with Gasteiger partial charge in [-0.2, -0.15) is 0 Å². The lowest BCUT2D eigenvalue weighted by Gasteiger charge is -2.24. The molecule has 1 atom stereocenters. The van der Waals surface area contributed by atoms with Crippen LogP contribution in [0.3, 0.4) is 0 Å². The summed E-state index contributed by atoms with van der Waals surface area (Å²) in [5.74, 6) is -0.313. The van der Waals surface area contributed by atoms with Crippen molar-refractivity contribution < 1.29 is 13.9 Å². The molecule has 3 rings (SSSR count). The first-order chi connectivity index (χ1) is 11.1. The highest BCUT2D eigenvalue weighted by atomic mass is 79.9. The third kappa shape index (κ3) is 3.72. The van der Waals surface area contributed by atoms with Gasteiger partial charge in [0.05, 0.1) is 10.5 Å². The number of carbonyl (C=O) groups excluding carboxylic acids is 1. The molecule has 1 fully saturated rings. The molecule has 2 aromatic carbocycles. The average Bonchev–Trinajstić information content (AvgIpc) is 3.06. The summed E-state index contributed by atoms with van der Waals surface area (Å²) in [4.78, 5) is 14.0. The van der Waals surface area contributed by atoms with Crippen molar-refractivity contribution in [3.8, 4) is 0 Å². The summed E-state index contributed by atoms with van der Waals surface area (Å²) in [6.45, 7) is 0.883. The molecule has 0 bridgehead atoms. The summed E-state index contributed by atoms with van der Waals surface area (Å²) in [6.07, 6.45) is 1.37. The Balaban J connectivity index is 1.68. The molecule has 1 amide bonds. The topological polar surface area (TPSA) is 29.5 Å². The molecule has 1 unspecified atom stereocenters. The van der Waals surface area contributed by atoms with Crippen molar-refractivity contribution in [3.63, 3.8) is 0 Å². The van der Waals surface area contributed by atoms with Crippen molar-refractivity contribution >= 4 is 22.0 Å². The molecule has 23 heavy (non-hydrogen) atoms. The second kappa shape index (κ2) is 7.13. The van der Waals surface area contributed by atoms with Crippen LogP contribution in [0.5, 0.6) is 0 Å².